The number of nitrogens with zero attached hydrogens (tertiary/aromatic N) is 3. The highest BCUT2D eigenvalue weighted by Gasteiger charge is 2.35. The lowest BCUT2D eigenvalue weighted by atomic mass is 9.94. The number of thiazole rings is 1. The molecule has 0 spiro atoms. The standard InChI is InChI=1S/C34H33BrClN3O5S/c1-6-38(7-2)33(41)29-20(3)37-34-39(30(29)24-10-8-9-11-26(24)42-4)32(40)28(45-34)18-22-16-25(35)31(27(17-22)43-5)44-19-21-12-14-23(36)15-13-21/h8-18,30H,6-7,19H2,1-5H3/b28-18+/t30-/m0/s1. The van der Waals surface area contributed by atoms with Gasteiger partial charge >= 0.3 is 0 Å². The Hall–Kier alpha value is -3.86. The van der Waals surface area contributed by atoms with Crippen molar-refractivity contribution in [1.82, 2.24) is 9.47 Å². The van der Waals surface area contributed by atoms with E-state index in [0.717, 1.165) is 11.1 Å². The molecule has 0 saturated heterocycles. The number of ether oxygens (including phenoxy) is 3. The van der Waals surface area contributed by atoms with E-state index in [-0.39, 0.29) is 11.5 Å². The van der Waals surface area contributed by atoms with Crippen LogP contribution in [0.3, 0.4) is 0 Å². The summed E-state index contributed by atoms with van der Waals surface area (Å²) in [5.41, 5.74) is 3.16. The molecule has 234 valence electrons. The third-order valence-electron chi connectivity index (χ3n) is 7.58. The third-order valence-corrected chi connectivity index (χ3v) is 9.41. The molecule has 11 heteroatoms. The Bertz CT molecular complexity index is 1950. The van der Waals surface area contributed by atoms with Crippen LogP contribution in [0.1, 0.15) is 43.5 Å². The zero-order valence-corrected chi connectivity index (χ0v) is 28.8. The van der Waals surface area contributed by atoms with Crippen LogP contribution in [-0.4, -0.2) is 42.7 Å². The fourth-order valence-electron chi connectivity index (χ4n) is 5.31. The van der Waals surface area contributed by atoms with E-state index in [1.165, 1.54) is 11.3 Å². The first-order valence-electron chi connectivity index (χ1n) is 14.4. The number of fused-ring (bicyclic) bond motifs is 1. The van der Waals surface area contributed by atoms with Crippen LogP contribution in [0.4, 0.5) is 0 Å². The summed E-state index contributed by atoms with van der Waals surface area (Å²) in [6, 6.07) is 17.9. The van der Waals surface area contributed by atoms with Gasteiger partial charge in [0, 0.05) is 23.7 Å². The molecular weight excluding hydrogens is 678 g/mol. The number of likely N-dealkylation sites (N-methyl/N-ethyl adjacent to an activating group) is 1. The molecule has 8 nitrogen and oxygen atoms in total. The molecule has 4 aromatic rings. The highest BCUT2D eigenvalue weighted by atomic mass is 79.9. The third kappa shape index (κ3) is 6.59. The molecule has 1 aliphatic heterocycles. The minimum absolute atomic E-state index is 0.158. The number of rotatable bonds is 10. The number of carbonyl (C=O) groups is 1. The van der Waals surface area contributed by atoms with Gasteiger partial charge in [0.25, 0.3) is 11.5 Å². The monoisotopic (exact) mass is 709 g/mol. The number of hydrogen-bond acceptors (Lipinski definition) is 7. The molecule has 0 fully saturated rings. The number of amides is 1. The molecule has 0 saturated carbocycles. The summed E-state index contributed by atoms with van der Waals surface area (Å²) in [6.07, 6.45) is 1.80. The van der Waals surface area contributed by atoms with Crippen molar-refractivity contribution >= 4 is 50.9 Å². The van der Waals surface area contributed by atoms with E-state index in [9.17, 15) is 9.59 Å². The quantitative estimate of drug-likeness (QED) is 0.198. The zero-order valence-electron chi connectivity index (χ0n) is 25.6. The number of hydrogen-bond donors (Lipinski definition) is 0. The van der Waals surface area contributed by atoms with Gasteiger partial charge in [0.2, 0.25) is 0 Å². The molecule has 0 unspecified atom stereocenters. The maximum absolute atomic E-state index is 14.2. The van der Waals surface area contributed by atoms with E-state index >= 15 is 0 Å². The van der Waals surface area contributed by atoms with Crippen molar-refractivity contribution < 1.29 is 19.0 Å². The normalized spacial score (nSPS) is 14.6. The average Bonchev–Trinajstić information content (AvgIpc) is 3.34. The summed E-state index contributed by atoms with van der Waals surface area (Å²) in [5, 5.41) is 0.656. The van der Waals surface area contributed by atoms with Gasteiger partial charge in [0.15, 0.2) is 16.3 Å². The number of allylic oxidation sites excluding steroid dienone is 1. The van der Waals surface area contributed by atoms with Gasteiger partial charge in [-0.1, -0.05) is 53.3 Å². The molecular formula is C34H33BrClN3O5S. The topological polar surface area (TPSA) is 82.4 Å². The van der Waals surface area contributed by atoms with E-state index in [4.69, 9.17) is 30.8 Å². The first-order valence-corrected chi connectivity index (χ1v) is 16.4. The number of benzene rings is 3. The van der Waals surface area contributed by atoms with Gasteiger partial charge in [0.05, 0.1) is 34.5 Å². The molecule has 1 atom stereocenters. The smallest absolute Gasteiger partial charge is 0.271 e. The van der Waals surface area contributed by atoms with Gasteiger partial charge < -0.3 is 19.1 Å². The van der Waals surface area contributed by atoms with Crippen LogP contribution in [0.5, 0.6) is 17.2 Å². The number of para-hydroxylation sites is 1. The molecule has 0 radical (unpaired) electrons. The summed E-state index contributed by atoms with van der Waals surface area (Å²) >= 11 is 10.9. The fraction of sp³-hybridized carbons (Fsp3) is 0.265. The van der Waals surface area contributed by atoms with E-state index in [1.54, 1.807) is 29.8 Å². The summed E-state index contributed by atoms with van der Waals surface area (Å²) in [6.45, 7) is 7.08. The van der Waals surface area contributed by atoms with Gasteiger partial charge in [-0.05, 0) is 84.2 Å². The van der Waals surface area contributed by atoms with E-state index < -0.39 is 6.04 Å². The van der Waals surface area contributed by atoms with Crippen LogP contribution in [0.25, 0.3) is 6.08 Å². The van der Waals surface area contributed by atoms with Crippen molar-refractivity contribution in [3.05, 3.63) is 118 Å². The maximum Gasteiger partial charge on any atom is 0.271 e. The Labute approximate surface area is 279 Å². The highest BCUT2D eigenvalue weighted by Crippen LogP contribution is 2.38. The summed E-state index contributed by atoms with van der Waals surface area (Å²) in [7, 11) is 3.15. The lowest BCUT2D eigenvalue weighted by Gasteiger charge is -2.29. The molecule has 5 rings (SSSR count). The number of halogens is 2. The van der Waals surface area contributed by atoms with Gasteiger partial charge in [-0.25, -0.2) is 4.99 Å². The molecule has 45 heavy (non-hydrogen) atoms. The first kappa shape index (κ1) is 32.5. The molecule has 3 aromatic carbocycles. The highest BCUT2D eigenvalue weighted by molar-refractivity contribution is 9.10. The van der Waals surface area contributed by atoms with Gasteiger partial charge in [0.1, 0.15) is 18.4 Å². The molecule has 0 N–H and O–H groups in total. The molecule has 0 aliphatic carbocycles. The van der Waals surface area contributed by atoms with Crippen LogP contribution in [0.2, 0.25) is 5.02 Å². The van der Waals surface area contributed by atoms with Crippen molar-refractivity contribution in [3.8, 4) is 17.2 Å². The fourth-order valence-corrected chi connectivity index (χ4v) is 7.06. The average molecular weight is 711 g/mol. The molecule has 0 bridgehead atoms. The van der Waals surface area contributed by atoms with Crippen LogP contribution < -0.4 is 29.1 Å². The van der Waals surface area contributed by atoms with Crippen molar-refractivity contribution in [3.63, 3.8) is 0 Å². The van der Waals surface area contributed by atoms with Crippen LogP contribution in [-0.2, 0) is 11.4 Å². The molecule has 1 amide bonds. The Morgan fingerprint density at radius 2 is 1.76 bits per heavy atom. The maximum atomic E-state index is 14.2. The van der Waals surface area contributed by atoms with Gasteiger partial charge in [-0.2, -0.15) is 0 Å². The van der Waals surface area contributed by atoms with Crippen molar-refractivity contribution in [2.24, 2.45) is 4.99 Å². The van der Waals surface area contributed by atoms with Crippen molar-refractivity contribution in [2.75, 3.05) is 27.3 Å². The van der Waals surface area contributed by atoms with Crippen LogP contribution in [0, 0.1) is 0 Å². The number of aromatic nitrogens is 1. The Morgan fingerprint density at radius 1 is 1.07 bits per heavy atom. The predicted molar refractivity (Wildman–Crippen MR) is 181 cm³/mol. The first-order chi connectivity index (χ1) is 21.7. The van der Waals surface area contributed by atoms with E-state index in [0.29, 0.717) is 72.6 Å². The Kier molecular flexibility index (Phi) is 10.2. The van der Waals surface area contributed by atoms with E-state index in [1.807, 2.05) is 81.4 Å². The van der Waals surface area contributed by atoms with Gasteiger partial charge in [-0.3, -0.25) is 14.2 Å². The number of methoxy groups -OCH3 is 2. The second-order valence-corrected chi connectivity index (χ2v) is 12.6. The zero-order chi connectivity index (χ0) is 32.2. The summed E-state index contributed by atoms with van der Waals surface area (Å²) in [4.78, 5) is 35.1. The largest absolute Gasteiger partial charge is 0.496 e. The second-order valence-electron chi connectivity index (χ2n) is 10.3. The van der Waals surface area contributed by atoms with Crippen molar-refractivity contribution in [2.45, 2.75) is 33.4 Å². The van der Waals surface area contributed by atoms with E-state index in [2.05, 4.69) is 15.9 Å². The van der Waals surface area contributed by atoms with Crippen molar-refractivity contribution in [1.29, 1.82) is 0 Å². The lowest BCUT2D eigenvalue weighted by Crippen LogP contribution is -2.43. The minimum atomic E-state index is -0.711. The molecule has 1 aliphatic rings. The van der Waals surface area contributed by atoms with Crippen LogP contribution >= 0.6 is 38.9 Å². The SMILES string of the molecule is CCN(CC)C(=O)C1=C(C)N=c2s/c(=C/c3cc(Br)c(OCc4ccc(Cl)cc4)c(OC)c3)c(=O)n2[C@H]1c1ccccc1OC. The van der Waals surface area contributed by atoms with Crippen LogP contribution in [0.15, 0.2) is 86.2 Å². The van der Waals surface area contributed by atoms with Gasteiger partial charge in [-0.15, -0.1) is 0 Å². The summed E-state index contributed by atoms with van der Waals surface area (Å²) < 4.78 is 20.2. The second kappa shape index (κ2) is 14.1. The summed E-state index contributed by atoms with van der Waals surface area (Å²) in [5.74, 6) is 1.47. The Morgan fingerprint density at radius 3 is 2.42 bits per heavy atom. The lowest BCUT2D eigenvalue weighted by molar-refractivity contribution is -0.127. The molecule has 2 heterocycles. The Balaban J connectivity index is 1.61. The molecule has 1 aromatic heterocycles. The predicted octanol–water partition coefficient (Wildman–Crippen LogP) is 6.12. The number of carbonyl (C=O) groups excluding carboxylic acids is 1. The minimum Gasteiger partial charge on any atom is -0.496 e.